The van der Waals surface area contributed by atoms with Gasteiger partial charge in [0.05, 0.1) is 0 Å². The second-order valence-electron chi connectivity index (χ2n) is 4.97. The summed E-state index contributed by atoms with van der Waals surface area (Å²) >= 11 is 0. The minimum atomic E-state index is -0.822. The molecule has 0 aromatic heterocycles. The smallest absolute Gasteiger partial charge is 0.123 e. The molecule has 0 heterocycles. The normalized spacial score (nSPS) is 12.6. The Kier molecular flexibility index (Phi) is 3.25. The molecule has 0 aliphatic heterocycles. The van der Waals surface area contributed by atoms with Crippen molar-refractivity contribution in [2.75, 3.05) is 0 Å². The van der Waals surface area contributed by atoms with Crippen molar-refractivity contribution in [2.24, 2.45) is 0 Å². The molecule has 0 aliphatic carbocycles. The zero-order chi connectivity index (χ0) is 14.1. The van der Waals surface area contributed by atoms with Crippen LogP contribution in [-0.4, -0.2) is 5.11 Å². The van der Waals surface area contributed by atoms with Gasteiger partial charge in [-0.05, 0) is 46.5 Å². The summed E-state index contributed by atoms with van der Waals surface area (Å²) in [6.07, 6.45) is -0.822. The fraction of sp³-hybridized carbons (Fsp3) is 0.111. The summed E-state index contributed by atoms with van der Waals surface area (Å²) in [5, 5.41) is 12.7. The highest BCUT2D eigenvalue weighted by Gasteiger charge is 2.16. The SMILES string of the molecule is Cc1ccc(F)cc1C(O)c1cccc2ccccc12. The van der Waals surface area contributed by atoms with Gasteiger partial charge in [0.15, 0.2) is 0 Å². The molecule has 0 radical (unpaired) electrons. The Hall–Kier alpha value is -2.19. The van der Waals surface area contributed by atoms with Gasteiger partial charge in [-0.3, -0.25) is 0 Å². The average Bonchev–Trinajstić information content (AvgIpc) is 2.48. The van der Waals surface area contributed by atoms with E-state index in [9.17, 15) is 9.50 Å². The van der Waals surface area contributed by atoms with Crippen LogP contribution in [-0.2, 0) is 0 Å². The Balaban J connectivity index is 2.17. The van der Waals surface area contributed by atoms with Crippen molar-refractivity contribution < 1.29 is 9.50 Å². The first kappa shape index (κ1) is 12.8. The number of hydrogen-bond donors (Lipinski definition) is 1. The first-order valence-electron chi connectivity index (χ1n) is 6.58. The van der Waals surface area contributed by atoms with Crippen LogP contribution in [0.25, 0.3) is 10.8 Å². The molecule has 3 aromatic rings. The van der Waals surface area contributed by atoms with Crippen molar-refractivity contribution in [2.45, 2.75) is 13.0 Å². The second kappa shape index (κ2) is 5.06. The molecule has 1 nitrogen and oxygen atoms in total. The Bertz CT molecular complexity index is 759. The highest BCUT2D eigenvalue weighted by atomic mass is 19.1. The van der Waals surface area contributed by atoms with Gasteiger partial charge >= 0.3 is 0 Å². The maximum absolute atomic E-state index is 13.4. The first-order valence-corrected chi connectivity index (χ1v) is 6.58. The van der Waals surface area contributed by atoms with Crippen LogP contribution < -0.4 is 0 Å². The third-order valence-corrected chi connectivity index (χ3v) is 3.65. The Morgan fingerprint density at radius 1 is 0.900 bits per heavy atom. The molecule has 3 rings (SSSR count). The zero-order valence-corrected chi connectivity index (χ0v) is 11.2. The van der Waals surface area contributed by atoms with E-state index in [1.165, 1.54) is 12.1 Å². The van der Waals surface area contributed by atoms with Gasteiger partial charge in [0.25, 0.3) is 0 Å². The summed E-state index contributed by atoms with van der Waals surface area (Å²) in [7, 11) is 0. The number of halogens is 1. The van der Waals surface area contributed by atoms with Crippen molar-refractivity contribution in [3.63, 3.8) is 0 Å². The Morgan fingerprint density at radius 3 is 2.50 bits per heavy atom. The van der Waals surface area contributed by atoms with E-state index in [1.54, 1.807) is 6.07 Å². The molecular weight excluding hydrogens is 251 g/mol. The van der Waals surface area contributed by atoms with Crippen LogP contribution in [0.15, 0.2) is 60.7 Å². The standard InChI is InChI=1S/C18H15FO/c1-12-9-10-14(19)11-17(12)18(20)16-8-4-6-13-5-2-3-7-15(13)16/h2-11,18,20H,1H3. The van der Waals surface area contributed by atoms with Gasteiger partial charge in [-0.15, -0.1) is 0 Å². The topological polar surface area (TPSA) is 20.2 Å². The van der Waals surface area contributed by atoms with Gasteiger partial charge in [-0.25, -0.2) is 4.39 Å². The maximum Gasteiger partial charge on any atom is 0.123 e. The number of hydrogen-bond acceptors (Lipinski definition) is 1. The molecule has 0 aliphatic rings. The molecular formula is C18H15FO. The molecule has 1 atom stereocenters. The minimum Gasteiger partial charge on any atom is -0.384 e. The van der Waals surface area contributed by atoms with E-state index in [1.807, 2.05) is 49.4 Å². The van der Waals surface area contributed by atoms with Crippen LogP contribution in [0.1, 0.15) is 22.8 Å². The van der Waals surface area contributed by atoms with E-state index >= 15 is 0 Å². The molecule has 0 fully saturated rings. The van der Waals surface area contributed by atoms with Gasteiger partial charge in [0, 0.05) is 0 Å². The van der Waals surface area contributed by atoms with Crippen LogP contribution in [0.5, 0.6) is 0 Å². The third kappa shape index (κ3) is 2.19. The molecule has 0 saturated heterocycles. The lowest BCUT2D eigenvalue weighted by atomic mass is 9.93. The number of aryl methyl sites for hydroxylation is 1. The summed E-state index contributed by atoms with van der Waals surface area (Å²) in [4.78, 5) is 0. The van der Waals surface area contributed by atoms with Gasteiger partial charge in [-0.2, -0.15) is 0 Å². The lowest BCUT2D eigenvalue weighted by Crippen LogP contribution is -2.03. The number of benzene rings is 3. The first-order chi connectivity index (χ1) is 9.66. The summed E-state index contributed by atoms with van der Waals surface area (Å²) < 4.78 is 13.4. The quantitative estimate of drug-likeness (QED) is 0.730. The monoisotopic (exact) mass is 266 g/mol. The van der Waals surface area contributed by atoms with E-state index in [4.69, 9.17) is 0 Å². The van der Waals surface area contributed by atoms with E-state index in [-0.39, 0.29) is 5.82 Å². The molecule has 0 bridgehead atoms. The molecule has 0 amide bonds. The van der Waals surface area contributed by atoms with Gasteiger partial charge in [-0.1, -0.05) is 48.5 Å². The van der Waals surface area contributed by atoms with Crippen LogP contribution in [0.4, 0.5) is 4.39 Å². The Morgan fingerprint density at radius 2 is 1.65 bits per heavy atom. The molecule has 1 unspecified atom stereocenters. The van der Waals surface area contributed by atoms with Gasteiger partial charge < -0.3 is 5.11 Å². The fourth-order valence-corrected chi connectivity index (χ4v) is 2.56. The molecule has 100 valence electrons. The summed E-state index contributed by atoms with van der Waals surface area (Å²) in [6, 6.07) is 18.2. The molecule has 0 saturated carbocycles. The second-order valence-corrected chi connectivity index (χ2v) is 4.97. The highest BCUT2D eigenvalue weighted by Crippen LogP contribution is 2.30. The predicted octanol–water partition coefficient (Wildman–Crippen LogP) is 4.37. The van der Waals surface area contributed by atoms with Crippen LogP contribution in [0, 0.1) is 12.7 Å². The van der Waals surface area contributed by atoms with Crippen LogP contribution >= 0.6 is 0 Å². The van der Waals surface area contributed by atoms with Gasteiger partial charge in [0.2, 0.25) is 0 Å². The van der Waals surface area contributed by atoms with E-state index in [2.05, 4.69) is 0 Å². The molecule has 3 aromatic carbocycles. The van der Waals surface area contributed by atoms with E-state index < -0.39 is 6.10 Å². The van der Waals surface area contributed by atoms with Crippen molar-refractivity contribution in [1.82, 2.24) is 0 Å². The van der Waals surface area contributed by atoms with Crippen LogP contribution in [0.3, 0.4) is 0 Å². The number of fused-ring (bicyclic) bond motifs is 1. The number of aliphatic hydroxyl groups is 1. The lowest BCUT2D eigenvalue weighted by molar-refractivity contribution is 0.220. The summed E-state index contributed by atoms with van der Waals surface area (Å²) in [5.74, 6) is -0.329. The highest BCUT2D eigenvalue weighted by molar-refractivity contribution is 5.86. The van der Waals surface area contributed by atoms with Crippen LogP contribution in [0.2, 0.25) is 0 Å². The largest absolute Gasteiger partial charge is 0.384 e. The lowest BCUT2D eigenvalue weighted by Gasteiger charge is -2.16. The van der Waals surface area contributed by atoms with Crippen molar-refractivity contribution in [1.29, 1.82) is 0 Å². The zero-order valence-electron chi connectivity index (χ0n) is 11.2. The predicted molar refractivity (Wildman–Crippen MR) is 79.1 cm³/mol. The van der Waals surface area contributed by atoms with E-state index in [0.717, 1.165) is 21.9 Å². The van der Waals surface area contributed by atoms with Crippen molar-refractivity contribution in [3.8, 4) is 0 Å². The number of aliphatic hydroxyl groups excluding tert-OH is 1. The molecule has 0 spiro atoms. The van der Waals surface area contributed by atoms with Crippen molar-refractivity contribution >= 4 is 10.8 Å². The maximum atomic E-state index is 13.4. The Labute approximate surface area is 117 Å². The number of rotatable bonds is 2. The molecule has 20 heavy (non-hydrogen) atoms. The third-order valence-electron chi connectivity index (χ3n) is 3.65. The molecule has 1 N–H and O–H groups in total. The average molecular weight is 266 g/mol. The van der Waals surface area contributed by atoms with Crippen molar-refractivity contribution in [3.05, 3.63) is 83.2 Å². The summed E-state index contributed by atoms with van der Waals surface area (Å²) in [6.45, 7) is 1.88. The fourth-order valence-electron chi connectivity index (χ4n) is 2.56. The van der Waals surface area contributed by atoms with E-state index in [0.29, 0.717) is 5.56 Å². The minimum absolute atomic E-state index is 0.329. The van der Waals surface area contributed by atoms with Gasteiger partial charge in [0.1, 0.15) is 11.9 Å². The molecule has 2 heteroatoms. The summed E-state index contributed by atoms with van der Waals surface area (Å²) in [5.41, 5.74) is 2.30.